The van der Waals surface area contributed by atoms with Gasteiger partial charge in [-0.05, 0) is 49.8 Å². The summed E-state index contributed by atoms with van der Waals surface area (Å²) in [4.78, 5) is 0. The molecule has 6 heteroatoms. The van der Waals surface area contributed by atoms with Gasteiger partial charge >= 0.3 is 10.2 Å². The summed E-state index contributed by atoms with van der Waals surface area (Å²) in [5, 5.41) is 9.10. The highest BCUT2D eigenvalue weighted by atomic mass is 32.2. The van der Waals surface area contributed by atoms with E-state index in [0.717, 1.165) is 11.1 Å². The molecule has 2 rings (SSSR count). The molecule has 1 saturated heterocycles. The summed E-state index contributed by atoms with van der Waals surface area (Å²) in [5.74, 6) is 0.224. The second-order valence-corrected chi connectivity index (χ2v) is 7.12. The van der Waals surface area contributed by atoms with Gasteiger partial charge in [0.25, 0.3) is 0 Å². The monoisotopic (exact) mass is 298 g/mol. The first-order valence-corrected chi connectivity index (χ1v) is 8.32. The Morgan fingerprint density at radius 3 is 2.55 bits per heavy atom. The maximum absolute atomic E-state index is 12.4. The zero-order valence-corrected chi connectivity index (χ0v) is 12.8. The number of aliphatic hydroxyl groups excluding tert-OH is 1. The number of rotatable bonds is 4. The van der Waals surface area contributed by atoms with Crippen LogP contribution in [0.5, 0.6) is 0 Å². The second-order valence-electron chi connectivity index (χ2n) is 5.45. The van der Waals surface area contributed by atoms with Gasteiger partial charge in [0.1, 0.15) is 0 Å². The molecule has 5 nitrogen and oxygen atoms in total. The van der Waals surface area contributed by atoms with Crippen LogP contribution in [0.3, 0.4) is 0 Å². The SMILES string of the molecule is Cc1ccc(C)c(NS(=O)(=O)N2CCC(CO)CC2)c1. The third-order valence-corrected chi connectivity index (χ3v) is 5.33. The summed E-state index contributed by atoms with van der Waals surface area (Å²) in [7, 11) is -3.51. The van der Waals surface area contributed by atoms with Gasteiger partial charge in [0.15, 0.2) is 0 Å². The minimum absolute atomic E-state index is 0.137. The van der Waals surface area contributed by atoms with E-state index < -0.39 is 10.2 Å². The Morgan fingerprint density at radius 1 is 1.30 bits per heavy atom. The summed E-state index contributed by atoms with van der Waals surface area (Å²) >= 11 is 0. The molecule has 0 amide bonds. The molecule has 1 heterocycles. The highest BCUT2D eigenvalue weighted by molar-refractivity contribution is 7.90. The van der Waals surface area contributed by atoms with Gasteiger partial charge in [-0.2, -0.15) is 12.7 Å². The predicted octanol–water partition coefficient (Wildman–Crippen LogP) is 1.66. The molecular formula is C14H22N2O3S. The largest absolute Gasteiger partial charge is 0.396 e. The van der Waals surface area contributed by atoms with Gasteiger partial charge in [0, 0.05) is 19.7 Å². The summed E-state index contributed by atoms with van der Waals surface area (Å²) in [6.07, 6.45) is 1.43. The number of aryl methyl sites for hydroxylation is 2. The average molecular weight is 298 g/mol. The van der Waals surface area contributed by atoms with Crippen molar-refractivity contribution in [1.29, 1.82) is 0 Å². The molecule has 0 spiro atoms. The van der Waals surface area contributed by atoms with Gasteiger partial charge in [-0.15, -0.1) is 0 Å². The van der Waals surface area contributed by atoms with Crippen LogP contribution in [0, 0.1) is 19.8 Å². The number of benzene rings is 1. The molecule has 0 bridgehead atoms. The van der Waals surface area contributed by atoms with Gasteiger partial charge < -0.3 is 5.11 Å². The molecule has 0 radical (unpaired) electrons. The number of hydrogen-bond acceptors (Lipinski definition) is 3. The van der Waals surface area contributed by atoms with Gasteiger partial charge in [-0.1, -0.05) is 12.1 Å². The van der Waals surface area contributed by atoms with Crippen molar-refractivity contribution in [2.45, 2.75) is 26.7 Å². The van der Waals surface area contributed by atoms with Crippen LogP contribution in [-0.2, 0) is 10.2 Å². The topological polar surface area (TPSA) is 69.6 Å². The Balaban J connectivity index is 2.10. The molecule has 112 valence electrons. The first kappa shape index (κ1) is 15.3. The molecule has 0 unspecified atom stereocenters. The third-order valence-electron chi connectivity index (χ3n) is 3.80. The van der Waals surface area contributed by atoms with Crippen molar-refractivity contribution in [2.24, 2.45) is 5.92 Å². The van der Waals surface area contributed by atoms with Crippen LogP contribution >= 0.6 is 0 Å². The van der Waals surface area contributed by atoms with E-state index in [1.54, 1.807) is 0 Å². The number of piperidine rings is 1. The molecular weight excluding hydrogens is 276 g/mol. The van der Waals surface area contributed by atoms with Crippen molar-refractivity contribution >= 4 is 15.9 Å². The smallest absolute Gasteiger partial charge is 0.301 e. The summed E-state index contributed by atoms with van der Waals surface area (Å²) < 4.78 is 28.9. The number of aliphatic hydroxyl groups is 1. The number of anilines is 1. The van der Waals surface area contributed by atoms with E-state index in [9.17, 15) is 8.42 Å². The Labute approximate surface area is 120 Å². The second kappa shape index (κ2) is 6.11. The fraction of sp³-hybridized carbons (Fsp3) is 0.571. The summed E-state index contributed by atoms with van der Waals surface area (Å²) in [5.41, 5.74) is 2.56. The van der Waals surface area contributed by atoms with Crippen LogP contribution in [0.1, 0.15) is 24.0 Å². The molecule has 20 heavy (non-hydrogen) atoms. The lowest BCUT2D eigenvalue weighted by Crippen LogP contribution is -2.42. The van der Waals surface area contributed by atoms with Crippen molar-refractivity contribution < 1.29 is 13.5 Å². The number of nitrogens with zero attached hydrogens (tertiary/aromatic N) is 1. The minimum Gasteiger partial charge on any atom is -0.396 e. The lowest BCUT2D eigenvalue weighted by Gasteiger charge is -2.30. The van der Waals surface area contributed by atoms with Crippen LogP contribution in [0.2, 0.25) is 0 Å². The highest BCUT2D eigenvalue weighted by Crippen LogP contribution is 2.22. The molecule has 0 saturated carbocycles. The average Bonchev–Trinajstić information content (AvgIpc) is 2.43. The summed E-state index contributed by atoms with van der Waals surface area (Å²) in [6, 6.07) is 5.71. The zero-order chi connectivity index (χ0) is 14.8. The van der Waals surface area contributed by atoms with Crippen molar-refractivity contribution in [3.8, 4) is 0 Å². The first-order chi connectivity index (χ1) is 9.42. The lowest BCUT2D eigenvalue weighted by atomic mass is 10.00. The van der Waals surface area contributed by atoms with Crippen LogP contribution in [0.25, 0.3) is 0 Å². The molecule has 0 aromatic heterocycles. The van der Waals surface area contributed by atoms with E-state index in [4.69, 9.17) is 5.11 Å². The van der Waals surface area contributed by atoms with Crippen molar-refractivity contribution in [3.63, 3.8) is 0 Å². The molecule has 1 fully saturated rings. The molecule has 1 aromatic rings. The van der Waals surface area contributed by atoms with E-state index in [-0.39, 0.29) is 12.5 Å². The maximum Gasteiger partial charge on any atom is 0.301 e. The molecule has 0 atom stereocenters. The van der Waals surface area contributed by atoms with Crippen LogP contribution in [0.15, 0.2) is 18.2 Å². The Kier molecular flexibility index (Phi) is 4.67. The normalized spacial score (nSPS) is 18.1. The van der Waals surface area contributed by atoms with Crippen LogP contribution in [-0.4, -0.2) is 37.5 Å². The zero-order valence-electron chi connectivity index (χ0n) is 12.0. The van der Waals surface area contributed by atoms with E-state index in [2.05, 4.69) is 4.72 Å². The Bertz CT molecular complexity index is 564. The van der Waals surface area contributed by atoms with E-state index >= 15 is 0 Å². The van der Waals surface area contributed by atoms with E-state index in [0.29, 0.717) is 31.6 Å². The van der Waals surface area contributed by atoms with Gasteiger partial charge in [0.05, 0.1) is 5.69 Å². The van der Waals surface area contributed by atoms with Gasteiger partial charge in [0.2, 0.25) is 0 Å². The lowest BCUT2D eigenvalue weighted by molar-refractivity contribution is 0.170. The van der Waals surface area contributed by atoms with Gasteiger partial charge in [-0.25, -0.2) is 0 Å². The maximum atomic E-state index is 12.4. The molecule has 1 aromatic carbocycles. The molecule has 1 aliphatic rings. The van der Waals surface area contributed by atoms with Crippen molar-refractivity contribution in [3.05, 3.63) is 29.3 Å². The minimum atomic E-state index is -3.51. The van der Waals surface area contributed by atoms with Gasteiger partial charge in [-0.3, -0.25) is 4.72 Å². The fourth-order valence-corrected chi connectivity index (χ4v) is 3.70. The molecule has 1 aliphatic heterocycles. The van der Waals surface area contributed by atoms with Crippen molar-refractivity contribution in [1.82, 2.24) is 4.31 Å². The molecule has 0 aliphatic carbocycles. The third kappa shape index (κ3) is 3.50. The molecule has 2 N–H and O–H groups in total. The quantitative estimate of drug-likeness (QED) is 0.888. The first-order valence-electron chi connectivity index (χ1n) is 6.88. The fourth-order valence-electron chi connectivity index (χ4n) is 2.38. The predicted molar refractivity (Wildman–Crippen MR) is 79.8 cm³/mol. The standard InChI is InChI=1S/C14H22N2O3S/c1-11-3-4-12(2)14(9-11)15-20(18,19)16-7-5-13(10-17)6-8-16/h3-4,9,13,15,17H,5-8,10H2,1-2H3. The van der Waals surface area contributed by atoms with E-state index in [1.807, 2.05) is 32.0 Å². The summed E-state index contributed by atoms with van der Waals surface area (Å²) in [6.45, 7) is 4.88. The number of hydrogen-bond donors (Lipinski definition) is 2. The van der Waals surface area contributed by atoms with Crippen LogP contribution in [0.4, 0.5) is 5.69 Å². The number of nitrogens with one attached hydrogen (secondary N) is 1. The highest BCUT2D eigenvalue weighted by Gasteiger charge is 2.27. The Hall–Kier alpha value is -1.11. The van der Waals surface area contributed by atoms with Crippen LogP contribution < -0.4 is 4.72 Å². The van der Waals surface area contributed by atoms with Crippen molar-refractivity contribution in [2.75, 3.05) is 24.4 Å². The van der Waals surface area contributed by atoms with E-state index in [1.165, 1.54) is 4.31 Å². The Morgan fingerprint density at radius 2 is 1.95 bits per heavy atom.